The third-order valence-corrected chi connectivity index (χ3v) is 5.82. The Balaban J connectivity index is 1.76. The molecule has 4 aromatic rings. The van der Waals surface area contributed by atoms with Crippen LogP contribution in [0.4, 0.5) is 5.69 Å². The summed E-state index contributed by atoms with van der Waals surface area (Å²) in [5.41, 5.74) is 4.69. The number of nitrogens with zero attached hydrogens (tertiary/aromatic N) is 1. The number of nitrogens with one attached hydrogen (secondary N) is 1. The number of carbonyl (C=O) groups excluding carboxylic acids is 1. The Morgan fingerprint density at radius 2 is 1.73 bits per heavy atom. The van der Waals surface area contributed by atoms with Crippen molar-refractivity contribution in [3.63, 3.8) is 0 Å². The van der Waals surface area contributed by atoms with Crippen LogP contribution in [-0.2, 0) is 0 Å². The topological polar surface area (TPSA) is 52.5 Å². The summed E-state index contributed by atoms with van der Waals surface area (Å²) in [5.74, 6) is 1.01. The molecule has 1 N–H and O–H groups in total. The van der Waals surface area contributed by atoms with Crippen molar-refractivity contribution in [2.45, 2.75) is 6.92 Å². The average molecular weight is 419 g/mol. The minimum Gasteiger partial charge on any atom is -0.497 e. The lowest BCUT2D eigenvalue weighted by molar-refractivity contribution is 0.103. The van der Waals surface area contributed by atoms with Crippen LogP contribution >= 0.6 is 11.3 Å². The van der Waals surface area contributed by atoms with E-state index >= 15 is 0 Å². The van der Waals surface area contributed by atoms with Crippen LogP contribution in [0.25, 0.3) is 16.8 Å². The van der Waals surface area contributed by atoms with Gasteiger partial charge in [0.25, 0.3) is 5.91 Å². The number of aryl methyl sites for hydroxylation is 1. The lowest BCUT2D eigenvalue weighted by Crippen LogP contribution is -2.13. The zero-order valence-corrected chi connectivity index (χ0v) is 17.8. The van der Waals surface area contributed by atoms with Crippen molar-refractivity contribution in [3.8, 4) is 28.3 Å². The van der Waals surface area contributed by atoms with E-state index in [0.717, 1.165) is 16.8 Å². The van der Waals surface area contributed by atoms with Crippen LogP contribution in [0.3, 0.4) is 0 Å². The van der Waals surface area contributed by atoms with Crippen LogP contribution in [0.2, 0.25) is 0 Å². The SMILES string of the molecule is COc1ccc(OC)c(NC(=O)c2scc(-c3ccc(C)cc3)c2-n2cccc2)c1. The Labute approximate surface area is 179 Å². The van der Waals surface area contributed by atoms with E-state index in [2.05, 4.69) is 36.5 Å². The number of aromatic nitrogens is 1. The maximum absolute atomic E-state index is 13.3. The van der Waals surface area contributed by atoms with Crippen LogP contribution < -0.4 is 14.8 Å². The molecule has 0 saturated carbocycles. The molecule has 0 bridgehead atoms. The number of methoxy groups -OCH3 is 2. The summed E-state index contributed by atoms with van der Waals surface area (Å²) < 4.78 is 12.7. The van der Waals surface area contributed by atoms with Gasteiger partial charge in [0, 0.05) is 29.4 Å². The number of hydrogen-bond donors (Lipinski definition) is 1. The Hall–Kier alpha value is -3.51. The molecule has 5 nitrogen and oxygen atoms in total. The van der Waals surface area contributed by atoms with E-state index in [1.807, 2.05) is 34.5 Å². The normalized spacial score (nSPS) is 10.6. The van der Waals surface area contributed by atoms with Gasteiger partial charge in [-0.25, -0.2) is 0 Å². The number of hydrogen-bond acceptors (Lipinski definition) is 4. The van der Waals surface area contributed by atoms with E-state index < -0.39 is 0 Å². The summed E-state index contributed by atoms with van der Waals surface area (Å²) in [5, 5.41) is 5.01. The molecular weight excluding hydrogens is 396 g/mol. The van der Waals surface area contributed by atoms with Crippen molar-refractivity contribution < 1.29 is 14.3 Å². The molecule has 0 atom stereocenters. The van der Waals surface area contributed by atoms with Crippen LogP contribution in [-0.4, -0.2) is 24.7 Å². The molecule has 4 rings (SSSR count). The van der Waals surface area contributed by atoms with Crippen LogP contribution in [0.1, 0.15) is 15.2 Å². The fourth-order valence-electron chi connectivity index (χ4n) is 3.28. The van der Waals surface area contributed by atoms with E-state index in [4.69, 9.17) is 9.47 Å². The van der Waals surface area contributed by atoms with Crippen LogP contribution in [0, 0.1) is 6.92 Å². The van der Waals surface area contributed by atoms with Crippen molar-refractivity contribution in [1.29, 1.82) is 0 Å². The minimum atomic E-state index is -0.200. The Morgan fingerprint density at radius 1 is 1.00 bits per heavy atom. The minimum absolute atomic E-state index is 0.200. The molecule has 2 heterocycles. The summed E-state index contributed by atoms with van der Waals surface area (Å²) in [4.78, 5) is 13.9. The Kier molecular flexibility index (Phi) is 5.59. The van der Waals surface area contributed by atoms with Crippen molar-refractivity contribution >= 4 is 22.9 Å². The van der Waals surface area contributed by atoms with Gasteiger partial charge in [-0.2, -0.15) is 0 Å². The van der Waals surface area contributed by atoms with Crippen molar-refractivity contribution in [2.75, 3.05) is 19.5 Å². The van der Waals surface area contributed by atoms with Gasteiger partial charge in [0.1, 0.15) is 16.4 Å². The second-order valence-corrected chi connectivity index (χ2v) is 7.68. The number of anilines is 1. The molecule has 0 aliphatic carbocycles. The summed E-state index contributed by atoms with van der Waals surface area (Å²) in [7, 11) is 3.16. The van der Waals surface area contributed by atoms with E-state index in [-0.39, 0.29) is 5.91 Å². The maximum atomic E-state index is 13.3. The monoisotopic (exact) mass is 418 g/mol. The zero-order valence-electron chi connectivity index (χ0n) is 17.0. The first kappa shape index (κ1) is 19.8. The van der Waals surface area contributed by atoms with Gasteiger partial charge in [-0.05, 0) is 36.8 Å². The van der Waals surface area contributed by atoms with Gasteiger partial charge in [-0.15, -0.1) is 11.3 Å². The molecule has 1 amide bonds. The highest BCUT2D eigenvalue weighted by Crippen LogP contribution is 2.36. The van der Waals surface area contributed by atoms with Gasteiger partial charge in [0.05, 0.1) is 25.6 Å². The predicted octanol–water partition coefficient (Wildman–Crippen LogP) is 5.78. The largest absolute Gasteiger partial charge is 0.497 e. The summed E-state index contributed by atoms with van der Waals surface area (Å²) >= 11 is 1.42. The smallest absolute Gasteiger partial charge is 0.268 e. The van der Waals surface area contributed by atoms with E-state index in [0.29, 0.717) is 22.1 Å². The third-order valence-electron chi connectivity index (χ3n) is 4.85. The van der Waals surface area contributed by atoms with Crippen LogP contribution in [0.15, 0.2) is 72.4 Å². The van der Waals surface area contributed by atoms with Gasteiger partial charge in [-0.1, -0.05) is 29.8 Å². The van der Waals surface area contributed by atoms with Gasteiger partial charge in [0.2, 0.25) is 0 Å². The molecule has 6 heteroatoms. The molecule has 2 aromatic heterocycles. The average Bonchev–Trinajstić information content (AvgIpc) is 3.44. The highest BCUT2D eigenvalue weighted by Gasteiger charge is 2.21. The molecule has 0 fully saturated rings. The number of ether oxygens (including phenoxy) is 2. The fourth-order valence-corrected chi connectivity index (χ4v) is 4.25. The molecule has 0 aliphatic rings. The summed E-state index contributed by atoms with van der Waals surface area (Å²) in [6.45, 7) is 2.06. The number of carbonyl (C=O) groups is 1. The Bertz CT molecular complexity index is 1160. The second-order valence-electron chi connectivity index (χ2n) is 6.80. The van der Waals surface area contributed by atoms with Gasteiger partial charge in [-0.3, -0.25) is 4.79 Å². The van der Waals surface area contributed by atoms with Crippen molar-refractivity contribution in [1.82, 2.24) is 4.57 Å². The lowest BCUT2D eigenvalue weighted by atomic mass is 10.0. The lowest BCUT2D eigenvalue weighted by Gasteiger charge is -2.13. The first-order valence-corrected chi connectivity index (χ1v) is 10.3. The molecule has 0 radical (unpaired) electrons. The number of rotatable bonds is 6. The first-order valence-electron chi connectivity index (χ1n) is 9.46. The third kappa shape index (κ3) is 3.82. The molecule has 30 heavy (non-hydrogen) atoms. The fraction of sp³-hybridized carbons (Fsp3) is 0.125. The van der Waals surface area contributed by atoms with Gasteiger partial charge >= 0.3 is 0 Å². The predicted molar refractivity (Wildman–Crippen MR) is 121 cm³/mol. The van der Waals surface area contributed by atoms with Crippen molar-refractivity contribution in [2.24, 2.45) is 0 Å². The number of amides is 1. The van der Waals surface area contributed by atoms with Crippen LogP contribution in [0.5, 0.6) is 11.5 Å². The van der Waals surface area contributed by atoms with E-state index in [9.17, 15) is 4.79 Å². The standard InChI is InChI=1S/C24H22N2O3S/c1-16-6-8-17(9-7-16)19-15-30-23(22(19)26-12-4-5-13-26)24(27)25-20-14-18(28-2)10-11-21(20)29-3/h4-15H,1-3H3,(H,25,27). The second kappa shape index (κ2) is 8.47. The molecule has 0 saturated heterocycles. The molecule has 0 unspecified atom stereocenters. The molecular formula is C24H22N2O3S. The molecule has 0 aliphatic heterocycles. The highest BCUT2D eigenvalue weighted by atomic mass is 32.1. The van der Waals surface area contributed by atoms with E-state index in [1.165, 1.54) is 16.9 Å². The van der Waals surface area contributed by atoms with Gasteiger partial charge in [0.15, 0.2) is 0 Å². The molecule has 2 aromatic carbocycles. The van der Waals surface area contributed by atoms with E-state index in [1.54, 1.807) is 32.4 Å². The van der Waals surface area contributed by atoms with Crippen molar-refractivity contribution in [3.05, 3.63) is 82.8 Å². The molecule has 152 valence electrons. The first-order chi connectivity index (χ1) is 14.6. The summed E-state index contributed by atoms with van der Waals surface area (Å²) in [6.07, 6.45) is 3.89. The highest BCUT2D eigenvalue weighted by molar-refractivity contribution is 7.13. The zero-order chi connectivity index (χ0) is 21.1. The number of thiophene rings is 1. The summed E-state index contributed by atoms with van der Waals surface area (Å²) in [6, 6.07) is 17.5. The maximum Gasteiger partial charge on any atom is 0.268 e. The number of benzene rings is 2. The van der Waals surface area contributed by atoms with Gasteiger partial charge < -0.3 is 19.4 Å². The Morgan fingerprint density at radius 3 is 2.40 bits per heavy atom. The quantitative estimate of drug-likeness (QED) is 0.432. The molecule has 0 spiro atoms.